The van der Waals surface area contributed by atoms with Crippen LogP contribution in [0.15, 0.2) is 77.1 Å². The van der Waals surface area contributed by atoms with E-state index in [4.69, 9.17) is 27.9 Å². The Morgan fingerprint density at radius 1 is 0.829 bits per heavy atom. The quantitative estimate of drug-likeness (QED) is 0.305. The van der Waals surface area contributed by atoms with Gasteiger partial charge in [0.05, 0.1) is 5.02 Å². The van der Waals surface area contributed by atoms with E-state index >= 15 is 0 Å². The molecule has 1 aliphatic heterocycles. The third kappa shape index (κ3) is 5.00. The highest BCUT2D eigenvalue weighted by Crippen LogP contribution is 2.56. The van der Waals surface area contributed by atoms with Crippen molar-refractivity contribution in [3.63, 3.8) is 0 Å². The lowest BCUT2D eigenvalue weighted by atomic mass is 9.63. The molecule has 3 aliphatic rings. The van der Waals surface area contributed by atoms with E-state index in [2.05, 4.69) is 50.8 Å². The predicted octanol–water partition coefficient (Wildman–Crippen LogP) is 9.04. The molecule has 41 heavy (non-hydrogen) atoms. The minimum atomic E-state index is -0.581. The average molecular weight is 589 g/mol. The molecule has 0 amide bonds. The Morgan fingerprint density at radius 3 is 2.05 bits per heavy atom. The van der Waals surface area contributed by atoms with Gasteiger partial charge in [-0.25, -0.2) is 0 Å². The SMILES string of the molecule is CN1C2=C(C(=O)CC(C)(C)C2)C(c2cc(Cl)cc(Cl)c2OCc2cccc3ccccc23)C2=C1CC(C)(C)CC2=O. The topological polar surface area (TPSA) is 46.6 Å². The van der Waals surface area contributed by atoms with Gasteiger partial charge in [-0.1, -0.05) is 93.4 Å². The van der Waals surface area contributed by atoms with E-state index in [1.807, 2.05) is 37.4 Å². The number of halogens is 2. The van der Waals surface area contributed by atoms with E-state index in [-0.39, 0.29) is 29.0 Å². The van der Waals surface area contributed by atoms with Crippen LogP contribution in [0.4, 0.5) is 0 Å². The molecule has 0 radical (unpaired) electrons. The van der Waals surface area contributed by atoms with Crippen LogP contribution in [-0.4, -0.2) is 23.5 Å². The third-order valence-electron chi connectivity index (χ3n) is 8.78. The zero-order chi connectivity index (χ0) is 29.3. The highest BCUT2D eigenvalue weighted by molar-refractivity contribution is 6.35. The summed E-state index contributed by atoms with van der Waals surface area (Å²) >= 11 is 13.5. The number of Topliss-reactive ketones (excluding diaryl/α,β-unsaturated/α-hetero) is 2. The number of hydrogen-bond acceptors (Lipinski definition) is 4. The smallest absolute Gasteiger partial charge is 0.162 e. The number of carbonyl (C=O) groups is 2. The lowest BCUT2D eigenvalue weighted by Gasteiger charge is -2.48. The molecule has 0 N–H and O–H groups in total. The molecular weight excluding hydrogens is 553 g/mol. The lowest BCUT2D eigenvalue weighted by molar-refractivity contribution is -0.119. The standard InChI is InChI=1S/C35H35Cl2NO3/c1-34(2)15-26-31(28(39)17-34)30(32-27(38(26)5)16-35(3,4)18-29(32)40)24-13-22(36)14-25(37)33(24)41-19-21-11-8-10-20-9-6-7-12-23(20)21/h6-14,30H,15-19H2,1-5H3. The normalized spacial score (nSPS) is 20.4. The van der Waals surface area contributed by atoms with Crippen molar-refractivity contribution in [1.82, 2.24) is 4.90 Å². The van der Waals surface area contributed by atoms with Crippen molar-refractivity contribution in [2.45, 2.75) is 65.9 Å². The fourth-order valence-corrected chi connectivity index (χ4v) is 7.55. The van der Waals surface area contributed by atoms with Gasteiger partial charge in [-0.15, -0.1) is 0 Å². The van der Waals surface area contributed by atoms with Gasteiger partial charge >= 0.3 is 0 Å². The van der Waals surface area contributed by atoms with Gasteiger partial charge in [0, 0.05) is 58.9 Å². The molecule has 0 atom stereocenters. The Labute approximate surface area is 252 Å². The highest BCUT2D eigenvalue weighted by atomic mass is 35.5. The van der Waals surface area contributed by atoms with Crippen molar-refractivity contribution in [2.75, 3.05) is 7.05 Å². The number of rotatable bonds is 4. The number of ketones is 2. The second kappa shape index (κ2) is 10.0. The number of hydrogen-bond donors (Lipinski definition) is 0. The van der Waals surface area contributed by atoms with E-state index < -0.39 is 5.92 Å². The first kappa shape index (κ1) is 28.1. The fraction of sp³-hybridized carbons (Fsp3) is 0.371. The number of ether oxygens (including phenoxy) is 1. The monoisotopic (exact) mass is 587 g/mol. The lowest BCUT2D eigenvalue weighted by Crippen LogP contribution is -2.43. The van der Waals surface area contributed by atoms with Gasteiger partial charge in [0.25, 0.3) is 0 Å². The summed E-state index contributed by atoms with van der Waals surface area (Å²) in [4.78, 5) is 30.1. The molecule has 0 bridgehead atoms. The van der Waals surface area contributed by atoms with Gasteiger partial charge in [-0.3, -0.25) is 9.59 Å². The maximum atomic E-state index is 14.0. The molecule has 3 aromatic carbocycles. The maximum absolute atomic E-state index is 14.0. The zero-order valence-corrected chi connectivity index (χ0v) is 25.7. The Kier molecular flexibility index (Phi) is 6.86. The number of benzene rings is 3. The summed E-state index contributed by atoms with van der Waals surface area (Å²) in [6.45, 7) is 8.81. The van der Waals surface area contributed by atoms with Gasteiger partial charge in [0.2, 0.25) is 0 Å². The molecule has 4 nitrogen and oxygen atoms in total. The van der Waals surface area contributed by atoms with Crippen LogP contribution in [0.3, 0.4) is 0 Å². The second-order valence-corrected chi connectivity index (χ2v) is 14.2. The third-order valence-corrected chi connectivity index (χ3v) is 9.28. The van der Waals surface area contributed by atoms with Crippen LogP contribution in [0, 0.1) is 10.8 Å². The molecule has 6 rings (SSSR count). The minimum Gasteiger partial charge on any atom is -0.487 e. The van der Waals surface area contributed by atoms with Crippen molar-refractivity contribution in [1.29, 1.82) is 0 Å². The van der Waals surface area contributed by atoms with Crippen molar-refractivity contribution >= 4 is 45.5 Å². The Bertz CT molecular complexity index is 1620. The first-order valence-electron chi connectivity index (χ1n) is 14.2. The number of nitrogens with zero attached hydrogens (tertiary/aromatic N) is 1. The average Bonchev–Trinajstić information content (AvgIpc) is 2.88. The molecule has 0 unspecified atom stereocenters. The molecule has 0 fully saturated rings. The van der Waals surface area contributed by atoms with Gasteiger partial charge in [-0.2, -0.15) is 0 Å². The molecule has 0 spiro atoms. The molecular formula is C35H35Cl2NO3. The zero-order valence-electron chi connectivity index (χ0n) is 24.2. The first-order valence-corrected chi connectivity index (χ1v) is 15.0. The maximum Gasteiger partial charge on any atom is 0.162 e. The Hall–Kier alpha value is -3.08. The van der Waals surface area contributed by atoms with E-state index in [1.54, 1.807) is 6.07 Å². The summed E-state index contributed by atoms with van der Waals surface area (Å²) in [5, 5.41) is 3.04. The Morgan fingerprint density at radius 2 is 1.41 bits per heavy atom. The second-order valence-electron chi connectivity index (χ2n) is 13.3. The summed E-state index contributed by atoms with van der Waals surface area (Å²) in [6.07, 6.45) is 2.32. The van der Waals surface area contributed by atoms with E-state index in [9.17, 15) is 9.59 Å². The fourth-order valence-electron chi connectivity index (χ4n) is 6.99. The number of allylic oxidation sites excluding steroid dienone is 4. The molecule has 2 aliphatic carbocycles. The summed E-state index contributed by atoms with van der Waals surface area (Å²) in [6, 6.07) is 17.8. The van der Waals surface area contributed by atoms with Crippen LogP contribution in [0.1, 0.15) is 70.4 Å². The van der Waals surface area contributed by atoms with Crippen LogP contribution in [0.5, 0.6) is 5.75 Å². The van der Waals surface area contributed by atoms with Gasteiger partial charge in [0.1, 0.15) is 12.4 Å². The van der Waals surface area contributed by atoms with E-state index in [0.29, 0.717) is 45.3 Å². The Balaban J connectivity index is 1.53. The van der Waals surface area contributed by atoms with Crippen LogP contribution in [0.25, 0.3) is 10.8 Å². The van der Waals surface area contributed by atoms with Crippen LogP contribution >= 0.6 is 23.2 Å². The number of carbonyl (C=O) groups excluding carboxylic acids is 2. The van der Waals surface area contributed by atoms with Gasteiger partial charge in [-0.05, 0) is 52.1 Å². The summed E-state index contributed by atoms with van der Waals surface area (Å²) in [5.41, 5.74) is 4.65. The molecule has 0 saturated carbocycles. The van der Waals surface area contributed by atoms with Crippen LogP contribution in [0.2, 0.25) is 10.0 Å². The van der Waals surface area contributed by atoms with Crippen molar-refractivity contribution in [2.24, 2.45) is 10.8 Å². The summed E-state index contributed by atoms with van der Waals surface area (Å²) in [5.74, 6) is 0.0106. The molecule has 3 aromatic rings. The highest BCUT2D eigenvalue weighted by Gasteiger charge is 2.49. The van der Waals surface area contributed by atoms with E-state index in [1.165, 1.54) is 0 Å². The van der Waals surface area contributed by atoms with Crippen molar-refractivity contribution in [3.8, 4) is 5.75 Å². The van der Waals surface area contributed by atoms with Crippen molar-refractivity contribution in [3.05, 3.63) is 98.3 Å². The molecule has 6 heteroatoms. The van der Waals surface area contributed by atoms with Crippen LogP contribution in [-0.2, 0) is 16.2 Å². The van der Waals surface area contributed by atoms with E-state index in [0.717, 1.165) is 40.6 Å². The summed E-state index contributed by atoms with van der Waals surface area (Å²) in [7, 11) is 2.01. The largest absolute Gasteiger partial charge is 0.487 e. The van der Waals surface area contributed by atoms with Crippen LogP contribution < -0.4 is 4.74 Å². The van der Waals surface area contributed by atoms with Gasteiger partial charge < -0.3 is 9.64 Å². The first-order chi connectivity index (χ1) is 19.3. The molecule has 0 aromatic heterocycles. The summed E-state index contributed by atoms with van der Waals surface area (Å²) < 4.78 is 6.54. The molecule has 1 heterocycles. The predicted molar refractivity (Wildman–Crippen MR) is 165 cm³/mol. The minimum absolute atomic E-state index is 0.0633. The molecule has 212 valence electrons. The molecule has 0 saturated heterocycles. The number of fused-ring (bicyclic) bond motifs is 1. The van der Waals surface area contributed by atoms with Gasteiger partial charge in [0.15, 0.2) is 11.6 Å². The van der Waals surface area contributed by atoms with Crippen molar-refractivity contribution < 1.29 is 14.3 Å².